The number of ether oxygens (including phenoxy) is 1. The summed E-state index contributed by atoms with van der Waals surface area (Å²) in [5, 5.41) is 3.83. The quantitative estimate of drug-likeness (QED) is 0.758. The molecule has 4 heteroatoms. The Bertz CT molecular complexity index is 303. The molecule has 2 atom stereocenters. The lowest BCUT2D eigenvalue weighted by Crippen LogP contribution is -2.52. The van der Waals surface area contributed by atoms with Gasteiger partial charge in [0.15, 0.2) is 0 Å². The number of nitrogens with zero attached hydrogens (tertiary/aromatic N) is 1. The van der Waals surface area contributed by atoms with Gasteiger partial charge in [0.1, 0.15) is 0 Å². The Morgan fingerprint density at radius 2 is 2.00 bits per heavy atom. The molecule has 0 radical (unpaired) electrons. The largest absolute Gasteiger partial charge is 0.468 e. The van der Waals surface area contributed by atoms with Gasteiger partial charge in [0.2, 0.25) is 0 Å². The highest BCUT2D eigenvalue weighted by atomic mass is 16.5. The van der Waals surface area contributed by atoms with Gasteiger partial charge in [-0.3, -0.25) is 9.69 Å². The van der Waals surface area contributed by atoms with Crippen molar-refractivity contribution < 1.29 is 9.53 Å². The third kappa shape index (κ3) is 4.74. The van der Waals surface area contributed by atoms with Crippen molar-refractivity contribution in [2.75, 3.05) is 26.7 Å². The van der Waals surface area contributed by atoms with Gasteiger partial charge in [-0.05, 0) is 31.6 Å². The number of likely N-dealkylation sites (tertiary alicyclic amines) is 1. The molecule has 20 heavy (non-hydrogen) atoms. The highest BCUT2D eigenvalue weighted by Gasteiger charge is 2.29. The van der Waals surface area contributed by atoms with E-state index in [1.165, 1.54) is 52.1 Å². The first-order valence-corrected chi connectivity index (χ1v) is 8.26. The molecular formula is C16H30N2O2. The fourth-order valence-corrected chi connectivity index (χ4v) is 3.84. The van der Waals surface area contributed by atoms with Crippen LogP contribution in [-0.2, 0) is 9.53 Å². The minimum Gasteiger partial charge on any atom is -0.468 e. The summed E-state index contributed by atoms with van der Waals surface area (Å²) >= 11 is 0. The minimum atomic E-state index is -0.109. The van der Waals surface area contributed by atoms with Crippen LogP contribution in [0.4, 0.5) is 0 Å². The van der Waals surface area contributed by atoms with Crippen molar-refractivity contribution >= 4 is 5.97 Å². The lowest BCUT2D eigenvalue weighted by Gasteiger charge is -2.38. The van der Waals surface area contributed by atoms with E-state index in [1.807, 2.05) is 0 Å². The lowest BCUT2D eigenvalue weighted by molar-refractivity contribution is -0.142. The second-order valence-corrected chi connectivity index (χ2v) is 6.51. The van der Waals surface area contributed by atoms with Crippen molar-refractivity contribution in [1.82, 2.24) is 10.2 Å². The Morgan fingerprint density at radius 1 is 1.25 bits per heavy atom. The molecule has 1 saturated carbocycles. The Balaban J connectivity index is 1.87. The zero-order chi connectivity index (χ0) is 14.4. The fourth-order valence-electron chi connectivity index (χ4n) is 3.84. The smallest absolute Gasteiger partial charge is 0.319 e. The molecular weight excluding hydrogens is 252 g/mol. The molecule has 2 aliphatic rings. The second kappa shape index (κ2) is 7.99. The maximum atomic E-state index is 11.5. The van der Waals surface area contributed by atoms with Crippen LogP contribution in [0.15, 0.2) is 0 Å². The van der Waals surface area contributed by atoms with Crippen LogP contribution in [0.25, 0.3) is 0 Å². The standard InChI is InChI=1S/C16H30N2O2/c1-3-6-13-9-15(17-14-7-4-5-8-14)11-18(10-13)12-16(19)20-2/h13-15,17H,3-12H2,1-2H3. The van der Waals surface area contributed by atoms with Crippen molar-refractivity contribution in [1.29, 1.82) is 0 Å². The van der Waals surface area contributed by atoms with Gasteiger partial charge in [-0.25, -0.2) is 0 Å². The molecule has 0 aromatic rings. The normalized spacial score (nSPS) is 28.7. The van der Waals surface area contributed by atoms with E-state index in [0.717, 1.165) is 19.0 Å². The summed E-state index contributed by atoms with van der Waals surface area (Å²) in [4.78, 5) is 13.8. The van der Waals surface area contributed by atoms with Crippen LogP contribution in [0.2, 0.25) is 0 Å². The van der Waals surface area contributed by atoms with Crippen molar-refractivity contribution in [3.05, 3.63) is 0 Å². The van der Waals surface area contributed by atoms with Gasteiger partial charge in [-0.15, -0.1) is 0 Å². The zero-order valence-corrected chi connectivity index (χ0v) is 13.1. The maximum absolute atomic E-state index is 11.5. The second-order valence-electron chi connectivity index (χ2n) is 6.51. The zero-order valence-electron chi connectivity index (χ0n) is 13.1. The number of esters is 1. The Kier molecular flexibility index (Phi) is 6.30. The molecule has 1 aliphatic carbocycles. The SMILES string of the molecule is CCCC1CC(NC2CCCC2)CN(CC(=O)OC)C1. The van der Waals surface area contributed by atoms with Crippen molar-refractivity contribution in [2.24, 2.45) is 5.92 Å². The summed E-state index contributed by atoms with van der Waals surface area (Å²) in [6.45, 7) is 4.73. The van der Waals surface area contributed by atoms with E-state index in [4.69, 9.17) is 4.74 Å². The average Bonchev–Trinajstić information content (AvgIpc) is 2.91. The molecule has 2 rings (SSSR count). The first-order chi connectivity index (χ1) is 9.71. The molecule has 0 aromatic heterocycles. The van der Waals surface area contributed by atoms with Gasteiger partial charge in [0.05, 0.1) is 13.7 Å². The fraction of sp³-hybridized carbons (Fsp3) is 0.938. The molecule has 1 saturated heterocycles. The van der Waals surface area contributed by atoms with Crippen molar-refractivity contribution in [3.8, 4) is 0 Å². The van der Waals surface area contributed by atoms with Crippen LogP contribution >= 0.6 is 0 Å². The number of hydrogen-bond donors (Lipinski definition) is 1. The van der Waals surface area contributed by atoms with Gasteiger partial charge >= 0.3 is 5.97 Å². The molecule has 1 heterocycles. The molecule has 0 amide bonds. The predicted octanol–water partition coefficient (Wildman–Crippen LogP) is 2.18. The van der Waals surface area contributed by atoms with Crippen molar-refractivity contribution in [3.63, 3.8) is 0 Å². The molecule has 0 aromatic carbocycles. The van der Waals surface area contributed by atoms with Gasteiger partial charge in [-0.2, -0.15) is 0 Å². The van der Waals surface area contributed by atoms with E-state index in [0.29, 0.717) is 18.6 Å². The van der Waals surface area contributed by atoms with Crippen LogP contribution in [0.3, 0.4) is 0 Å². The van der Waals surface area contributed by atoms with Crippen LogP contribution in [0, 0.1) is 5.92 Å². The van der Waals surface area contributed by atoms with E-state index in [-0.39, 0.29) is 5.97 Å². The Labute approximate surface area is 123 Å². The van der Waals surface area contributed by atoms with E-state index in [2.05, 4.69) is 17.1 Å². The number of hydrogen-bond acceptors (Lipinski definition) is 4. The molecule has 2 fully saturated rings. The monoisotopic (exact) mass is 282 g/mol. The summed E-state index contributed by atoms with van der Waals surface area (Å²) in [7, 11) is 1.48. The summed E-state index contributed by atoms with van der Waals surface area (Å²) in [5.74, 6) is 0.610. The average molecular weight is 282 g/mol. The highest BCUT2D eigenvalue weighted by molar-refractivity contribution is 5.71. The number of carbonyl (C=O) groups is 1. The summed E-state index contributed by atoms with van der Waals surface area (Å²) in [5.41, 5.74) is 0. The summed E-state index contributed by atoms with van der Waals surface area (Å²) in [6.07, 6.45) is 9.15. The van der Waals surface area contributed by atoms with Gasteiger partial charge in [0.25, 0.3) is 0 Å². The van der Waals surface area contributed by atoms with E-state index in [9.17, 15) is 4.79 Å². The van der Waals surface area contributed by atoms with E-state index < -0.39 is 0 Å². The Hall–Kier alpha value is -0.610. The van der Waals surface area contributed by atoms with Crippen LogP contribution in [-0.4, -0.2) is 49.7 Å². The van der Waals surface area contributed by atoms with E-state index in [1.54, 1.807) is 0 Å². The number of rotatable bonds is 6. The lowest BCUT2D eigenvalue weighted by atomic mass is 9.90. The van der Waals surface area contributed by atoms with Crippen LogP contribution < -0.4 is 5.32 Å². The van der Waals surface area contributed by atoms with Crippen LogP contribution in [0.1, 0.15) is 51.9 Å². The molecule has 2 unspecified atom stereocenters. The molecule has 0 spiro atoms. The van der Waals surface area contributed by atoms with E-state index >= 15 is 0 Å². The topological polar surface area (TPSA) is 41.6 Å². The molecule has 0 bridgehead atoms. The molecule has 1 N–H and O–H groups in total. The Morgan fingerprint density at radius 3 is 2.65 bits per heavy atom. The van der Waals surface area contributed by atoms with Gasteiger partial charge < -0.3 is 10.1 Å². The number of carbonyl (C=O) groups excluding carboxylic acids is 1. The number of methoxy groups -OCH3 is 1. The third-order valence-electron chi connectivity index (χ3n) is 4.72. The maximum Gasteiger partial charge on any atom is 0.319 e. The highest BCUT2D eigenvalue weighted by Crippen LogP contribution is 2.24. The molecule has 4 nitrogen and oxygen atoms in total. The summed E-state index contributed by atoms with van der Waals surface area (Å²) in [6, 6.07) is 1.26. The number of piperidine rings is 1. The molecule has 1 aliphatic heterocycles. The number of nitrogens with one attached hydrogen (secondary N) is 1. The molecule has 116 valence electrons. The third-order valence-corrected chi connectivity index (χ3v) is 4.72. The van der Waals surface area contributed by atoms with Crippen LogP contribution in [0.5, 0.6) is 0 Å². The van der Waals surface area contributed by atoms with Crippen molar-refractivity contribution in [2.45, 2.75) is 64.0 Å². The predicted molar refractivity (Wildman–Crippen MR) is 80.7 cm³/mol. The van der Waals surface area contributed by atoms with Gasteiger partial charge in [0, 0.05) is 25.2 Å². The first kappa shape index (κ1) is 15.8. The summed E-state index contributed by atoms with van der Waals surface area (Å²) < 4.78 is 4.82. The van der Waals surface area contributed by atoms with Gasteiger partial charge in [-0.1, -0.05) is 26.2 Å². The minimum absolute atomic E-state index is 0.109. The first-order valence-electron chi connectivity index (χ1n) is 8.26.